The molecular formula is C17H31NOS. The summed E-state index contributed by atoms with van der Waals surface area (Å²) < 4.78 is 0. The lowest BCUT2D eigenvalue weighted by Crippen LogP contribution is -2.57. The maximum absolute atomic E-state index is 9.05. The second-order valence-electron chi connectivity index (χ2n) is 7.59. The van der Waals surface area contributed by atoms with Crippen molar-refractivity contribution >= 4 is 11.8 Å². The molecule has 0 radical (unpaired) electrons. The zero-order valence-electron chi connectivity index (χ0n) is 12.9. The van der Waals surface area contributed by atoms with Crippen LogP contribution >= 0.6 is 11.8 Å². The smallest absolute Gasteiger partial charge is 0.0521 e. The minimum atomic E-state index is 0.325. The van der Waals surface area contributed by atoms with Gasteiger partial charge in [0.05, 0.1) is 6.61 Å². The first-order valence-corrected chi connectivity index (χ1v) is 9.83. The Morgan fingerprint density at radius 3 is 2.25 bits per heavy atom. The Bertz CT molecular complexity index is 285. The Morgan fingerprint density at radius 1 is 1.15 bits per heavy atom. The second kappa shape index (κ2) is 6.58. The van der Waals surface area contributed by atoms with E-state index >= 15 is 0 Å². The van der Waals surface area contributed by atoms with Gasteiger partial charge in [-0.25, -0.2) is 0 Å². The number of hydrogen-bond donors (Lipinski definition) is 2. The number of hydrogen-bond acceptors (Lipinski definition) is 3. The molecule has 20 heavy (non-hydrogen) atoms. The summed E-state index contributed by atoms with van der Waals surface area (Å²) in [6.07, 6.45) is 10.3. The van der Waals surface area contributed by atoms with Crippen LogP contribution in [0.5, 0.6) is 0 Å². The van der Waals surface area contributed by atoms with E-state index in [-0.39, 0.29) is 0 Å². The highest BCUT2D eigenvalue weighted by Gasteiger charge is 2.53. The Hall–Kier alpha value is 0.270. The van der Waals surface area contributed by atoms with E-state index < -0.39 is 0 Å². The molecule has 0 aliphatic heterocycles. The van der Waals surface area contributed by atoms with E-state index in [0.29, 0.717) is 18.1 Å². The molecule has 2 nitrogen and oxygen atoms in total. The summed E-state index contributed by atoms with van der Waals surface area (Å²) in [5.41, 5.74) is 0.604. The summed E-state index contributed by atoms with van der Waals surface area (Å²) in [7, 11) is 0. The average Bonchev–Trinajstić information content (AvgIpc) is 2.41. The Kier molecular flexibility index (Phi) is 4.99. The summed E-state index contributed by atoms with van der Waals surface area (Å²) in [6.45, 7) is 3.75. The third-order valence-corrected chi connectivity index (χ3v) is 7.03. The average molecular weight is 298 g/mol. The van der Waals surface area contributed by atoms with Gasteiger partial charge in [-0.15, -0.1) is 0 Å². The minimum Gasteiger partial charge on any atom is -0.396 e. The van der Waals surface area contributed by atoms with E-state index in [1.54, 1.807) is 0 Å². The maximum Gasteiger partial charge on any atom is 0.0521 e. The molecule has 0 spiro atoms. The van der Waals surface area contributed by atoms with Gasteiger partial charge in [-0.2, -0.15) is 11.8 Å². The number of thioether (sulfide) groups is 1. The van der Waals surface area contributed by atoms with E-state index in [2.05, 4.69) is 12.2 Å². The molecule has 3 heteroatoms. The monoisotopic (exact) mass is 297 g/mol. The van der Waals surface area contributed by atoms with Gasteiger partial charge in [-0.05, 0) is 74.7 Å². The molecule has 0 aromatic heterocycles. The highest BCUT2D eigenvalue weighted by atomic mass is 32.2. The van der Waals surface area contributed by atoms with Crippen LogP contribution in [0.15, 0.2) is 0 Å². The van der Waals surface area contributed by atoms with Crippen LogP contribution < -0.4 is 5.32 Å². The molecule has 0 aromatic rings. The summed E-state index contributed by atoms with van der Waals surface area (Å²) in [5.74, 6) is 5.21. The summed E-state index contributed by atoms with van der Waals surface area (Å²) in [4.78, 5) is 0. The highest BCUT2D eigenvalue weighted by Crippen LogP contribution is 2.61. The first-order chi connectivity index (χ1) is 9.75. The van der Waals surface area contributed by atoms with Crippen LogP contribution in [-0.2, 0) is 0 Å². The van der Waals surface area contributed by atoms with Crippen LogP contribution in [0.2, 0.25) is 0 Å². The molecular weight excluding hydrogens is 266 g/mol. The van der Waals surface area contributed by atoms with E-state index in [9.17, 15) is 0 Å². The third-order valence-electron chi connectivity index (χ3n) is 5.99. The zero-order valence-corrected chi connectivity index (χ0v) is 13.8. The van der Waals surface area contributed by atoms with Crippen molar-refractivity contribution in [3.63, 3.8) is 0 Å². The topological polar surface area (TPSA) is 32.3 Å². The molecule has 0 amide bonds. The zero-order chi connectivity index (χ0) is 14.0. The Balaban J connectivity index is 1.68. The quantitative estimate of drug-likeness (QED) is 0.674. The van der Waals surface area contributed by atoms with Crippen LogP contribution in [0.3, 0.4) is 0 Å². The first kappa shape index (κ1) is 15.2. The van der Waals surface area contributed by atoms with Gasteiger partial charge in [0.2, 0.25) is 0 Å². The van der Waals surface area contributed by atoms with E-state index in [1.807, 2.05) is 11.8 Å². The summed E-state index contributed by atoms with van der Waals surface area (Å²) in [5, 5.41) is 12.9. The standard InChI is InChI=1S/C17H31NOS/c1-2-3-18-16(12-20-5-4-19)17-9-13-6-14(10-17)8-15(7-13)11-17/h13-16,18-19H,2-12H2,1H3. The Morgan fingerprint density at radius 2 is 1.75 bits per heavy atom. The molecule has 4 bridgehead atoms. The lowest BCUT2D eigenvalue weighted by Gasteiger charge is -2.59. The lowest BCUT2D eigenvalue weighted by molar-refractivity contribution is -0.0693. The summed E-state index contributed by atoms with van der Waals surface area (Å²) in [6, 6.07) is 0.687. The number of aliphatic hydroxyl groups is 1. The number of nitrogens with one attached hydrogen (secondary N) is 1. The SMILES string of the molecule is CCCNC(CSCCO)C12CC3CC(CC(C3)C1)C2. The van der Waals surface area contributed by atoms with Gasteiger partial charge in [0, 0.05) is 17.5 Å². The van der Waals surface area contributed by atoms with E-state index in [0.717, 1.165) is 30.1 Å². The van der Waals surface area contributed by atoms with Crippen molar-refractivity contribution in [3.05, 3.63) is 0 Å². The molecule has 0 aromatic carbocycles. The van der Waals surface area contributed by atoms with Crippen LogP contribution in [0, 0.1) is 23.2 Å². The van der Waals surface area contributed by atoms with Crippen LogP contribution in [0.1, 0.15) is 51.9 Å². The third kappa shape index (κ3) is 3.05. The molecule has 4 aliphatic carbocycles. The predicted molar refractivity (Wildman–Crippen MR) is 87.1 cm³/mol. The van der Waals surface area contributed by atoms with Gasteiger partial charge in [0.25, 0.3) is 0 Å². The molecule has 2 N–H and O–H groups in total. The van der Waals surface area contributed by atoms with Crippen LogP contribution in [0.4, 0.5) is 0 Å². The Labute approximate surface area is 128 Å². The highest BCUT2D eigenvalue weighted by molar-refractivity contribution is 7.99. The fourth-order valence-corrected chi connectivity index (χ4v) is 6.64. The van der Waals surface area contributed by atoms with Crippen LogP contribution in [0.25, 0.3) is 0 Å². The fraction of sp³-hybridized carbons (Fsp3) is 1.00. The molecule has 116 valence electrons. The molecule has 4 fully saturated rings. The van der Waals surface area contributed by atoms with E-state index in [4.69, 9.17) is 5.11 Å². The molecule has 4 saturated carbocycles. The van der Waals surface area contributed by atoms with Gasteiger partial charge in [-0.1, -0.05) is 6.92 Å². The maximum atomic E-state index is 9.05. The van der Waals surface area contributed by atoms with E-state index in [1.165, 1.54) is 50.7 Å². The minimum absolute atomic E-state index is 0.325. The predicted octanol–water partition coefficient (Wildman–Crippen LogP) is 3.30. The van der Waals surface area contributed by atoms with Crippen molar-refractivity contribution in [1.29, 1.82) is 0 Å². The van der Waals surface area contributed by atoms with Gasteiger partial charge in [-0.3, -0.25) is 0 Å². The summed E-state index contributed by atoms with van der Waals surface area (Å²) >= 11 is 1.95. The normalized spacial score (nSPS) is 40.2. The van der Waals surface area contributed by atoms with Gasteiger partial charge < -0.3 is 10.4 Å². The lowest BCUT2D eigenvalue weighted by atomic mass is 9.48. The molecule has 4 rings (SSSR count). The molecule has 1 unspecified atom stereocenters. The fourth-order valence-electron chi connectivity index (χ4n) is 5.64. The van der Waals surface area contributed by atoms with Gasteiger partial charge in [0.15, 0.2) is 0 Å². The van der Waals surface area contributed by atoms with Gasteiger partial charge >= 0.3 is 0 Å². The molecule has 0 saturated heterocycles. The molecule has 4 aliphatic rings. The number of rotatable bonds is 8. The van der Waals surface area contributed by atoms with Crippen molar-refractivity contribution in [2.75, 3.05) is 24.7 Å². The first-order valence-electron chi connectivity index (χ1n) is 8.67. The van der Waals surface area contributed by atoms with Crippen molar-refractivity contribution in [1.82, 2.24) is 5.32 Å². The molecule has 0 heterocycles. The van der Waals surface area contributed by atoms with Crippen LogP contribution in [-0.4, -0.2) is 35.8 Å². The van der Waals surface area contributed by atoms with Gasteiger partial charge in [0.1, 0.15) is 0 Å². The van der Waals surface area contributed by atoms with Crippen molar-refractivity contribution < 1.29 is 5.11 Å². The van der Waals surface area contributed by atoms with Crippen molar-refractivity contribution in [2.24, 2.45) is 23.2 Å². The van der Waals surface area contributed by atoms with Crippen molar-refractivity contribution in [3.8, 4) is 0 Å². The second-order valence-corrected chi connectivity index (χ2v) is 8.73. The largest absolute Gasteiger partial charge is 0.396 e. The molecule has 1 atom stereocenters. The number of aliphatic hydroxyl groups excluding tert-OH is 1. The van der Waals surface area contributed by atoms with Crippen molar-refractivity contribution in [2.45, 2.75) is 57.9 Å².